The lowest BCUT2D eigenvalue weighted by Gasteiger charge is -2.12. The first-order valence-corrected chi connectivity index (χ1v) is 7.17. The number of amides is 1. The molecule has 0 saturated carbocycles. The van der Waals surface area contributed by atoms with Gasteiger partial charge in [-0.1, -0.05) is 0 Å². The monoisotopic (exact) mass is 365 g/mol. The van der Waals surface area contributed by atoms with E-state index < -0.39 is 11.9 Å². The molecule has 2 rings (SSSR count). The smallest absolute Gasteiger partial charge is 0.308 e. The van der Waals surface area contributed by atoms with Crippen molar-refractivity contribution in [2.45, 2.75) is 6.42 Å². The van der Waals surface area contributed by atoms with Crippen molar-refractivity contribution in [3.05, 3.63) is 26.9 Å². The van der Waals surface area contributed by atoms with Crippen LogP contribution in [0.15, 0.2) is 21.3 Å². The molecule has 0 spiro atoms. The number of carboxylic acid groups (broad SMARTS) is 1. The normalized spacial score (nSPS) is 18.6. The van der Waals surface area contributed by atoms with Gasteiger partial charge in [-0.2, -0.15) is 0 Å². The van der Waals surface area contributed by atoms with Crippen molar-refractivity contribution in [3.63, 3.8) is 0 Å². The van der Waals surface area contributed by atoms with Crippen LogP contribution in [0.4, 0.5) is 0 Å². The van der Waals surface area contributed by atoms with Crippen LogP contribution in [0.3, 0.4) is 0 Å². The maximum atomic E-state index is 11.8. The van der Waals surface area contributed by atoms with E-state index in [1.807, 2.05) is 11.4 Å². The Morgan fingerprint density at radius 3 is 2.79 bits per heavy atom. The summed E-state index contributed by atoms with van der Waals surface area (Å²) in [7, 11) is 0. The molecule has 7 heteroatoms. The average Bonchev–Trinajstić information content (AvgIpc) is 2.94. The molecule has 0 aromatic carbocycles. The number of hydrogen-bond donors (Lipinski definition) is 1. The number of halogens is 2. The van der Waals surface area contributed by atoms with E-state index in [9.17, 15) is 9.59 Å². The number of hydrogen-bond acceptors (Lipinski definition) is 3. The average molecular weight is 367 g/mol. The zero-order valence-electron chi connectivity index (χ0n) is 9.91. The highest BCUT2D eigenvalue weighted by molar-refractivity contribution is 9.11. The highest BCUT2D eigenvalue weighted by Gasteiger charge is 2.29. The molecule has 1 N–H and O–H groups in total. The molecular weight excluding hydrogens is 354 g/mol. The minimum Gasteiger partial charge on any atom is -0.481 e. The SMILES string of the molecule is Cl.O=C(O)C1CCN(C(=O)C=Cc2csc(Br)c2)C1. The largest absolute Gasteiger partial charge is 0.481 e. The molecule has 4 nitrogen and oxygen atoms in total. The predicted molar refractivity (Wildman–Crippen MR) is 80.6 cm³/mol. The van der Waals surface area contributed by atoms with Gasteiger partial charge < -0.3 is 10.0 Å². The number of likely N-dealkylation sites (tertiary alicyclic amines) is 1. The molecule has 104 valence electrons. The van der Waals surface area contributed by atoms with E-state index in [4.69, 9.17) is 5.11 Å². The first kappa shape index (κ1) is 16.2. The molecule has 1 aromatic rings. The van der Waals surface area contributed by atoms with Crippen molar-refractivity contribution in [3.8, 4) is 0 Å². The highest BCUT2D eigenvalue weighted by atomic mass is 79.9. The second kappa shape index (κ2) is 7.07. The van der Waals surface area contributed by atoms with Crippen molar-refractivity contribution in [2.75, 3.05) is 13.1 Å². The third kappa shape index (κ3) is 4.33. The summed E-state index contributed by atoms with van der Waals surface area (Å²) in [5, 5.41) is 10.8. The summed E-state index contributed by atoms with van der Waals surface area (Å²) in [4.78, 5) is 24.2. The van der Waals surface area contributed by atoms with Gasteiger partial charge in [-0.3, -0.25) is 9.59 Å². The zero-order chi connectivity index (χ0) is 13.1. The lowest BCUT2D eigenvalue weighted by atomic mass is 10.1. The molecule has 2 heterocycles. The molecule has 0 radical (unpaired) electrons. The Balaban J connectivity index is 0.00000180. The van der Waals surface area contributed by atoms with Crippen LogP contribution in [-0.4, -0.2) is 35.0 Å². The van der Waals surface area contributed by atoms with Gasteiger partial charge >= 0.3 is 5.97 Å². The van der Waals surface area contributed by atoms with Crippen LogP contribution in [0.5, 0.6) is 0 Å². The maximum Gasteiger partial charge on any atom is 0.308 e. The van der Waals surface area contributed by atoms with E-state index in [-0.39, 0.29) is 18.3 Å². The molecule has 1 aliphatic rings. The fourth-order valence-corrected chi connectivity index (χ4v) is 2.99. The molecule has 19 heavy (non-hydrogen) atoms. The van der Waals surface area contributed by atoms with Crippen molar-refractivity contribution in [1.82, 2.24) is 4.90 Å². The second-order valence-electron chi connectivity index (χ2n) is 4.13. The third-order valence-corrected chi connectivity index (χ3v) is 4.38. The van der Waals surface area contributed by atoms with Crippen molar-refractivity contribution in [1.29, 1.82) is 0 Å². The summed E-state index contributed by atoms with van der Waals surface area (Å²) in [5.41, 5.74) is 0.967. The predicted octanol–water partition coefficient (Wildman–Crippen LogP) is 2.88. The molecule has 1 saturated heterocycles. The Labute approximate surface area is 129 Å². The van der Waals surface area contributed by atoms with Crippen molar-refractivity contribution < 1.29 is 14.7 Å². The standard InChI is InChI=1S/C12H12BrNO3S.ClH/c13-10-5-8(7-18-10)1-2-11(15)14-4-3-9(6-14)12(16)17;/h1-2,5,7,9H,3-4,6H2,(H,16,17);1H. The van der Waals surface area contributed by atoms with E-state index in [0.29, 0.717) is 19.5 Å². The summed E-state index contributed by atoms with van der Waals surface area (Å²) in [5.74, 6) is -1.37. The van der Waals surface area contributed by atoms with Gasteiger partial charge in [0, 0.05) is 19.2 Å². The lowest BCUT2D eigenvalue weighted by molar-refractivity contribution is -0.141. The van der Waals surface area contributed by atoms with E-state index in [1.165, 1.54) is 6.08 Å². The van der Waals surface area contributed by atoms with Gasteiger partial charge in [0.1, 0.15) is 0 Å². The van der Waals surface area contributed by atoms with Gasteiger partial charge in [-0.15, -0.1) is 23.7 Å². The summed E-state index contributed by atoms with van der Waals surface area (Å²) < 4.78 is 1.02. The Morgan fingerprint density at radius 2 is 2.26 bits per heavy atom. The number of carbonyl (C=O) groups excluding carboxylic acids is 1. The summed E-state index contributed by atoms with van der Waals surface area (Å²) in [6.07, 6.45) is 3.79. The van der Waals surface area contributed by atoms with Gasteiger partial charge in [0.15, 0.2) is 0 Å². The topological polar surface area (TPSA) is 57.6 Å². The molecule has 1 aliphatic heterocycles. The summed E-state index contributed by atoms with van der Waals surface area (Å²) >= 11 is 4.91. The van der Waals surface area contributed by atoms with E-state index in [0.717, 1.165) is 9.35 Å². The van der Waals surface area contributed by atoms with Gasteiger partial charge in [0.05, 0.1) is 9.70 Å². The minimum absolute atomic E-state index is 0. The quantitative estimate of drug-likeness (QED) is 0.837. The summed E-state index contributed by atoms with van der Waals surface area (Å²) in [6.45, 7) is 0.833. The van der Waals surface area contributed by atoms with Crippen LogP contribution in [0.1, 0.15) is 12.0 Å². The fraction of sp³-hybridized carbons (Fsp3) is 0.333. The molecule has 1 atom stereocenters. The number of aliphatic carboxylic acids is 1. The Kier molecular flexibility index (Phi) is 6.03. The first-order chi connectivity index (χ1) is 8.56. The molecule has 0 bridgehead atoms. The van der Waals surface area contributed by atoms with Gasteiger partial charge in [0.2, 0.25) is 5.91 Å². The van der Waals surface area contributed by atoms with Crippen LogP contribution in [-0.2, 0) is 9.59 Å². The minimum atomic E-state index is -0.823. The summed E-state index contributed by atoms with van der Waals surface area (Å²) in [6, 6.07) is 1.93. The van der Waals surface area contributed by atoms with Gasteiger partial charge in [-0.05, 0) is 45.4 Å². The number of rotatable bonds is 3. The zero-order valence-corrected chi connectivity index (χ0v) is 13.1. The highest BCUT2D eigenvalue weighted by Crippen LogP contribution is 2.22. The Bertz CT molecular complexity index is 503. The second-order valence-corrected chi connectivity index (χ2v) is 6.42. The van der Waals surface area contributed by atoms with Crippen LogP contribution in [0, 0.1) is 5.92 Å². The van der Waals surface area contributed by atoms with Crippen LogP contribution >= 0.6 is 39.7 Å². The number of carbonyl (C=O) groups is 2. The Hall–Kier alpha value is -0.850. The third-order valence-electron chi connectivity index (χ3n) is 2.86. The van der Waals surface area contributed by atoms with Crippen molar-refractivity contribution >= 4 is 57.6 Å². The number of nitrogens with zero attached hydrogens (tertiary/aromatic N) is 1. The number of thiophene rings is 1. The van der Waals surface area contributed by atoms with Gasteiger partial charge in [-0.25, -0.2) is 0 Å². The molecule has 1 aromatic heterocycles. The number of carboxylic acids is 1. The van der Waals surface area contributed by atoms with Gasteiger partial charge in [0.25, 0.3) is 0 Å². The maximum absolute atomic E-state index is 11.8. The van der Waals surface area contributed by atoms with Crippen LogP contribution in [0.2, 0.25) is 0 Å². The molecule has 0 aliphatic carbocycles. The van der Waals surface area contributed by atoms with E-state index in [1.54, 1.807) is 22.3 Å². The van der Waals surface area contributed by atoms with E-state index in [2.05, 4.69) is 15.9 Å². The Morgan fingerprint density at radius 1 is 1.53 bits per heavy atom. The van der Waals surface area contributed by atoms with Crippen molar-refractivity contribution in [2.24, 2.45) is 5.92 Å². The molecule has 1 amide bonds. The first-order valence-electron chi connectivity index (χ1n) is 5.50. The van der Waals surface area contributed by atoms with E-state index >= 15 is 0 Å². The van der Waals surface area contributed by atoms with Crippen LogP contribution in [0.25, 0.3) is 6.08 Å². The lowest BCUT2D eigenvalue weighted by Crippen LogP contribution is -2.28. The van der Waals surface area contributed by atoms with Crippen LogP contribution < -0.4 is 0 Å². The molecule has 1 unspecified atom stereocenters. The molecule has 1 fully saturated rings. The molecular formula is C12H13BrClNO3S. The fourth-order valence-electron chi connectivity index (χ4n) is 1.85.